The molecule has 0 atom stereocenters. The van der Waals surface area contributed by atoms with Crippen LogP contribution in [-0.4, -0.2) is 13.1 Å². The fourth-order valence-electron chi connectivity index (χ4n) is 2.28. The molecule has 0 saturated carbocycles. The Morgan fingerprint density at radius 2 is 1.75 bits per heavy atom. The number of carbonyl (C=O) groups is 1. The van der Waals surface area contributed by atoms with Crippen molar-refractivity contribution >= 4 is 61.3 Å². The Balaban J connectivity index is 1.95. The van der Waals surface area contributed by atoms with Crippen LogP contribution in [0.25, 0.3) is 11.8 Å². The van der Waals surface area contributed by atoms with Crippen molar-refractivity contribution in [3.05, 3.63) is 73.1 Å². The van der Waals surface area contributed by atoms with Crippen LogP contribution in [-0.2, 0) is 9.53 Å². The highest BCUT2D eigenvalue weighted by Gasteiger charge is 2.22. The van der Waals surface area contributed by atoms with Crippen molar-refractivity contribution in [2.75, 3.05) is 7.11 Å². The fourth-order valence-corrected chi connectivity index (χ4v) is 3.95. The van der Waals surface area contributed by atoms with Crippen molar-refractivity contribution in [2.24, 2.45) is 0 Å². The number of halogens is 3. The van der Waals surface area contributed by atoms with Crippen molar-refractivity contribution in [1.82, 2.24) is 0 Å². The third kappa shape index (κ3) is 3.58. The first-order valence-electron chi connectivity index (χ1n) is 6.92. The number of ether oxygens (including phenoxy) is 2. The Kier molecular flexibility index (Phi) is 5.13. The van der Waals surface area contributed by atoms with Crippen LogP contribution in [0.3, 0.4) is 0 Å². The third-order valence-corrected chi connectivity index (χ3v) is 4.83. The number of rotatable bonds is 3. The van der Waals surface area contributed by atoms with Crippen LogP contribution in [0.2, 0.25) is 5.02 Å². The topological polar surface area (TPSA) is 35.5 Å². The van der Waals surface area contributed by atoms with Crippen molar-refractivity contribution in [3.8, 4) is 5.75 Å². The zero-order chi connectivity index (χ0) is 17.3. The molecule has 6 heteroatoms. The predicted octanol–water partition coefficient (Wildman–Crippen LogP) is 5.85. The molecule has 3 rings (SSSR count). The molecule has 24 heavy (non-hydrogen) atoms. The largest absolute Gasteiger partial charge is 0.494 e. The van der Waals surface area contributed by atoms with Crippen molar-refractivity contribution in [1.29, 1.82) is 0 Å². The average Bonchev–Trinajstić information content (AvgIpc) is 2.89. The van der Waals surface area contributed by atoms with Gasteiger partial charge in [-0.05, 0) is 86.0 Å². The van der Waals surface area contributed by atoms with E-state index in [-0.39, 0.29) is 5.97 Å². The van der Waals surface area contributed by atoms with Gasteiger partial charge in [-0.3, -0.25) is 0 Å². The number of benzene rings is 2. The summed E-state index contributed by atoms with van der Waals surface area (Å²) in [6.45, 7) is 0. The van der Waals surface area contributed by atoms with Crippen LogP contribution in [0.1, 0.15) is 11.1 Å². The van der Waals surface area contributed by atoms with Gasteiger partial charge in [0.15, 0.2) is 0 Å². The summed E-state index contributed by atoms with van der Waals surface area (Å²) in [7, 11) is 1.60. The minimum absolute atomic E-state index is 0.386. The summed E-state index contributed by atoms with van der Waals surface area (Å²) < 4.78 is 12.2. The lowest BCUT2D eigenvalue weighted by Crippen LogP contribution is -1.97. The molecule has 1 heterocycles. The van der Waals surface area contributed by atoms with Crippen LogP contribution < -0.4 is 4.74 Å². The maximum atomic E-state index is 12.1. The van der Waals surface area contributed by atoms with Gasteiger partial charge in [0, 0.05) is 10.6 Å². The molecule has 3 nitrogen and oxygen atoms in total. The summed E-state index contributed by atoms with van der Waals surface area (Å²) >= 11 is 12.8. The number of cyclic esters (lactones) is 1. The van der Waals surface area contributed by atoms with Crippen molar-refractivity contribution < 1.29 is 14.3 Å². The van der Waals surface area contributed by atoms with Gasteiger partial charge in [-0.2, -0.15) is 0 Å². The Morgan fingerprint density at radius 1 is 1.12 bits per heavy atom. The second kappa shape index (κ2) is 7.13. The van der Waals surface area contributed by atoms with Gasteiger partial charge in [-0.15, -0.1) is 0 Å². The Bertz CT molecular complexity index is 847. The SMILES string of the molecule is COc1c(Br)cc(/C=C2\C=C(c3ccc(Cl)cc3)OC2=O)cc1Br. The molecule has 0 saturated heterocycles. The smallest absolute Gasteiger partial charge is 0.343 e. The van der Waals surface area contributed by atoms with E-state index in [1.54, 1.807) is 31.4 Å². The van der Waals surface area contributed by atoms with Crippen LogP contribution in [0.5, 0.6) is 5.75 Å². The van der Waals surface area contributed by atoms with Gasteiger partial charge >= 0.3 is 5.97 Å². The Labute approximate surface area is 161 Å². The van der Waals surface area contributed by atoms with E-state index in [0.29, 0.717) is 22.1 Å². The molecule has 1 aliphatic heterocycles. The van der Waals surface area contributed by atoms with Crippen LogP contribution in [0.4, 0.5) is 0 Å². The van der Waals surface area contributed by atoms with E-state index >= 15 is 0 Å². The maximum absolute atomic E-state index is 12.1. The molecule has 0 fully saturated rings. The summed E-state index contributed by atoms with van der Waals surface area (Å²) in [5, 5.41) is 0.632. The first-order chi connectivity index (χ1) is 11.5. The molecule has 0 N–H and O–H groups in total. The van der Waals surface area contributed by atoms with E-state index in [2.05, 4.69) is 31.9 Å². The van der Waals surface area contributed by atoms with Crippen LogP contribution >= 0.6 is 43.5 Å². The molecule has 2 aromatic rings. The van der Waals surface area contributed by atoms with E-state index in [9.17, 15) is 4.79 Å². The molecule has 0 bridgehead atoms. The van der Waals surface area contributed by atoms with E-state index in [1.807, 2.05) is 24.3 Å². The van der Waals surface area contributed by atoms with Gasteiger partial charge in [0.05, 0.1) is 21.6 Å². The summed E-state index contributed by atoms with van der Waals surface area (Å²) in [5.41, 5.74) is 2.12. The molecule has 0 amide bonds. The molecule has 1 aliphatic rings. The normalized spacial score (nSPS) is 15.4. The fraction of sp³-hybridized carbons (Fsp3) is 0.0556. The van der Waals surface area contributed by atoms with E-state index in [0.717, 1.165) is 20.1 Å². The minimum Gasteiger partial charge on any atom is -0.494 e. The zero-order valence-electron chi connectivity index (χ0n) is 12.5. The summed E-state index contributed by atoms with van der Waals surface area (Å²) in [6.07, 6.45) is 3.48. The second-order valence-electron chi connectivity index (χ2n) is 5.02. The van der Waals surface area contributed by atoms with Gasteiger partial charge in [-0.1, -0.05) is 11.6 Å². The van der Waals surface area contributed by atoms with E-state index < -0.39 is 0 Å². The second-order valence-corrected chi connectivity index (χ2v) is 7.17. The minimum atomic E-state index is -0.386. The molecule has 0 radical (unpaired) electrons. The predicted molar refractivity (Wildman–Crippen MR) is 102 cm³/mol. The number of methoxy groups -OCH3 is 1. The number of esters is 1. The summed E-state index contributed by atoms with van der Waals surface area (Å²) in [6, 6.07) is 10.9. The van der Waals surface area contributed by atoms with Gasteiger partial charge in [0.1, 0.15) is 11.5 Å². The highest BCUT2D eigenvalue weighted by molar-refractivity contribution is 9.11. The molecular formula is C18H11Br2ClO3. The van der Waals surface area contributed by atoms with Gasteiger partial charge in [0.2, 0.25) is 0 Å². The monoisotopic (exact) mass is 468 g/mol. The molecule has 0 aliphatic carbocycles. The van der Waals surface area contributed by atoms with Crippen LogP contribution in [0, 0.1) is 0 Å². The zero-order valence-corrected chi connectivity index (χ0v) is 16.4. The molecule has 2 aromatic carbocycles. The van der Waals surface area contributed by atoms with Crippen molar-refractivity contribution in [3.63, 3.8) is 0 Å². The quantitative estimate of drug-likeness (QED) is 0.417. The Hall–Kier alpha value is -1.56. The molecule has 0 aromatic heterocycles. The lowest BCUT2D eigenvalue weighted by Gasteiger charge is -2.07. The van der Waals surface area contributed by atoms with Gasteiger partial charge in [-0.25, -0.2) is 4.79 Å². The van der Waals surface area contributed by atoms with E-state index in [1.165, 1.54) is 0 Å². The maximum Gasteiger partial charge on any atom is 0.343 e. The lowest BCUT2D eigenvalue weighted by atomic mass is 10.1. The average molecular weight is 471 g/mol. The number of hydrogen-bond acceptors (Lipinski definition) is 3. The van der Waals surface area contributed by atoms with E-state index in [4.69, 9.17) is 21.1 Å². The summed E-state index contributed by atoms with van der Waals surface area (Å²) in [5.74, 6) is 0.820. The standard InChI is InChI=1S/C18H11Br2ClO3/c1-23-17-14(19)7-10(8-15(17)20)6-12-9-16(24-18(12)22)11-2-4-13(21)5-3-11/h2-9H,1H3/b12-6+. The molecule has 122 valence electrons. The molecule has 0 unspecified atom stereocenters. The number of carbonyl (C=O) groups excluding carboxylic acids is 1. The van der Waals surface area contributed by atoms with Crippen molar-refractivity contribution in [2.45, 2.75) is 0 Å². The van der Waals surface area contributed by atoms with Crippen LogP contribution in [0.15, 0.2) is 57.0 Å². The lowest BCUT2D eigenvalue weighted by molar-refractivity contribution is -0.130. The molecular weight excluding hydrogens is 459 g/mol. The molecule has 0 spiro atoms. The first kappa shape index (κ1) is 17.3. The van der Waals surface area contributed by atoms with Gasteiger partial charge in [0.25, 0.3) is 0 Å². The highest BCUT2D eigenvalue weighted by Crippen LogP contribution is 2.36. The highest BCUT2D eigenvalue weighted by atomic mass is 79.9. The Morgan fingerprint density at radius 3 is 2.33 bits per heavy atom. The summed E-state index contributed by atoms with van der Waals surface area (Å²) in [4.78, 5) is 12.1. The third-order valence-electron chi connectivity index (χ3n) is 3.40. The number of hydrogen-bond donors (Lipinski definition) is 0. The van der Waals surface area contributed by atoms with Gasteiger partial charge < -0.3 is 9.47 Å². The first-order valence-corrected chi connectivity index (χ1v) is 8.89.